The van der Waals surface area contributed by atoms with Crippen LogP contribution in [0.2, 0.25) is 0 Å². The lowest BCUT2D eigenvalue weighted by molar-refractivity contribution is 0.309. The number of nitrogens with one attached hydrogen (secondary N) is 1. The van der Waals surface area contributed by atoms with Gasteiger partial charge >= 0.3 is 0 Å². The van der Waals surface area contributed by atoms with Gasteiger partial charge in [-0.15, -0.1) is 12.4 Å². The van der Waals surface area contributed by atoms with Crippen molar-refractivity contribution in [2.75, 3.05) is 13.7 Å². The van der Waals surface area contributed by atoms with Crippen LogP contribution < -0.4 is 10.1 Å². The van der Waals surface area contributed by atoms with Gasteiger partial charge in [0.25, 0.3) is 0 Å². The van der Waals surface area contributed by atoms with Crippen LogP contribution in [0.15, 0.2) is 24.3 Å². The molecule has 0 radical (unpaired) electrons. The van der Waals surface area contributed by atoms with Crippen LogP contribution in [0.4, 0.5) is 0 Å². The summed E-state index contributed by atoms with van der Waals surface area (Å²) in [5.74, 6) is 0.990. The number of hydrogen-bond donors (Lipinski definition) is 1. The monoisotopic (exact) mass is 271 g/mol. The first-order valence-electron chi connectivity index (χ1n) is 6.65. The highest BCUT2D eigenvalue weighted by Crippen LogP contribution is 2.14. The third-order valence-corrected chi connectivity index (χ3v) is 3.05. The maximum Gasteiger partial charge on any atom is 0.119 e. The van der Waals surface area contributed by atoms with Gasteiger partial charge < -0.3 is 10.1 Å². The Labute approximate surface area is 118 Å². The standard InChI is InChI=1S/C15H25NO.ClH/c1-4-5-12-17-15-10-8-14(9-11-15)7-6-13(2)16-3;/h8-11,13,16H,4-7,12H2,1-3H3;1H. The maximum atomic E-state index is 5.64. The van der Waals surface area contributed by atoms with Gasteiger partial charge in [-0.05, 0) is 50.9 Å². The fraction of sp³-hybridized carbons (Fsp3) is 0.600. The molecule has 1 atom stereocenters. The molecule has 0 fully saturated rings. The first-order valence-corrected chi connectivity index (χ1v) is 6.65. The van der Waals surface area contributed by atoms with Crippen LogP contribution in [0.3, 0.4) is 0 Å². The van der Waals surface area contributed by atoms with E-state index in [0.717, 1.165) is 25.2 Å². The Balaban J connectivity index is 0.00000289. The maximum absolute atomic E-state index is 5.64. The van der Waals surface area contributed by atoms with Gasteiger partial charge in [0.15, 0.2) is 0 Å². The van der Waals surface area contributed by atoms with Crippen LogP contribution in [-0.4, -0.2) is 19.7 Å². The van der Waals surface area contributed by atoms with E-state index in [0.29, 0.717) is 6.04 Å². The van der Waals surface area contributed by atoms with Crippen LogP contribution >= 0.6 is 12.4 Å². The molecule has 0 bridgehead atoms. The second-order valence-electron chi connectivity index (χ2n) is 4.57. The molecule has 1 rings (SSSR count). The van der Waals surface area contributed by atoms with Crippen LogP contribution in [0.5, 0.6) is 5.75 Å². The fourth-order valence-corrected chi connectivity index (χ4v) is 1.61. The number of rotatable bonds is 8. The van der Waals surface area contributed by atoms with Crippen LogP contribution in [0, 0.1) is 0 Å². The Hall–Kier alpha value is -0.730. The van der Waals surface area contributed by atoms with Gasteiger partial charge in [-0.2, -0.15) is 0 Å². The molecular weight excluding hydrogens is 246 g/mol. The van der Waals surface area contributed by atoms with Gasteiger partial charge in [0.05, 0.1) is 6.61 Å². The highest BCUT2D eigenvalue weighted by molar-refractivity contribution is 5.85. The normalized spacial score (nSPS) is 11.7. The minimum Gasteiger partial charge on any atom is -0.494 e. The van der Waals surface area contributed by atoms with Crippen molar-refractivity contribution in [2.24, 2.45) is 0 Å². The van der Waals surface area contributed by atoms with Gasteiger partial charge in [0.2, 0.25) is 0 Å². The third-order valence-electron chi connectivity index (χ3n) is 3.05. The highest BCUT2D eigenvalue weighted by Gasteiger charge is 2.00. The van der Waals surface area contributed by atoms with Crippen molar-refractivity contribution in [3.05, 3.63) is 29.8 Å². The molecule has 0 aromatic heterocycles. The molecule has 1 aromatic carbocycles. The van der Waals surface area contributed by atoms with Gasteiger partial charge in [0, 0.05) is 6.04 Å². The quantitative estimate of drug-likeness (QED) is 0.726. The van der Waals surface area contributed by atoms with Gasteiger partial charge in [-0.3, -0.25) is 0 Å². The fourth-order valence-electron chi connectivity index (χ4n) is 1.61. The molecule has 0 saturated carbocycles. The third kappa shape index (κ3) is 6.87. The minimum atomic E-state index is 0. The van der Waals surface area contributed by atoms with Crippen molar-refractivity contribution in [3.63, 3.8) is 0 Å². The molecule has 18 heavy (non-hydrogen) atoms. The zero-order valence-corrected chi connectivity index (χ0v) is 12.6. The zero-order valence-electron chi connectivity index (χ0n) is 11.7. The van der Waals surface area contributed by atoms with Gasteiger partial charge in [-0.25, -0.2) is 0 Å². The van der Waals surface area contributed by atoms with Crippen molar-refractivity contribution in [3.8, 4) is 5.75 Å². The number of hydrogen-bond acceptors (Lipinski definition) is 2. The van der Waals surface area contributed by atoms with E-state index in [1.165, 1.54) is 18.4 Å². The Bertz CT molecular complexity index is 300. The first-order chi connectivity index (χ1) is 8.26. The van der Waals surface area contributed by atoms with E-state index in [-0.39, 0.29) is 12.4 Å². The molecule has 0 aliphatic heterocycles. The van der Waals surface area contributed by atoms with E-state index in [2.05, 4.69) is 43.4 Å². The number of ether oxygens (including phenoxy) is 1. The average molecular weight is 272 g/mol. The molecule has 0 spiro atoms. The predicted molar refractivity (Wildman–Crippen MR) is 80.9 cm³/mol. The summed E-state index contributed by atoms with van der Waals surface area (Å²) in [6.45, 7) is 5.21. The molecule has 1 aromatic rings. The van der Waals surface area contributed by atoms with Crippen molar-refractivity contribution in [1.82, 2.24) is 5.32 Å². The second-order valence-corrected chi connectivity index (χ2v) is 4.57. The summed E-state index contributed by atoms with van der Waals surface area (Å²) in [6.07, 6.45) is 4.60. The van der Waals surface area contributed by atoms with E-state index in [1.54, 1.807) is 0 Å². The largest absolute Gasteiger partial charge is 0.494 e. The first kappa shape index (κ1) is 17.3. The lowest BCUT2D eigenvalue weighted by Gasteiger charge is -2.10. The molecule has 1 unspecified atom stereocenters. The topological polar surface area (TPSA) is 21.3 Å². The Morgan fingerprint density at radius 3 is 2.44 bits per heavy atom. The Morgan fingerprint density at radius 1 is 1.22 bits per heavy atom. The summed E-state index contributed by atoms with van der Waals surface area (Å²) >= 11 is 0. The smallest absolute Gasteiger partial charge is 0.119 e. The van der Waals surface area contributed by atoms with Gasteiger partial charge in [0.1, 0.15) is 5.75 Å². The number of aryl methyl sites for hydroxylation is 1. The van der Waals surface area contributed by atoms with Crippen molar-refractivity contribution in [1.29, 1.82) is 0 Å². The molecule has 0 amide bonds. The number of benzene rings is 1. The number of halogens is 1. The molecule has 3 heteroatoms. The Kier molecular flexibility index (Phi) is 9.80. The van der Waals surface area contributed by atoms with Crippen molar-refractivity contribution in [2.45, 2.75) is 45.6 Å². The second kappa shape index (κ2) is 10.2. The van der Waals surface area contributed by atoms with Crippen molar-refractivity contribution < 1.29 is 4.74 Å². The molecule has 0 saturated heterocycles. The zero-order chi connectivity index (χ0) is 12.5. The lowest BCUT2D eigenvalue weighted by atomic mass is 10.1. The molecule has 0 aliphatic carbocycles. The SMILES string of the molecule is CCCCOc1ccc(CCC(C)NC)cc1.Cl. The van der Waals surface area contributed by atoms with E-state index < -0.39 is 0 Å². The molecular formula is C15H26ClNO. The minimum absolute atomic E-state index is 0. The summed E-state index contributed by atoms with van der Waals surface area (Å²) in [7, 11) is 2.01. The molecule has 2 nitrogen and oxygen atoms in total. The van der Waals surface area contributed by atoms with E-state index >= 15 is 0 Å². The predicted octanol–water partition coefficient (Wildman–Crippen LogP) is 3.83. The lowest BCUT2D eigenvalue weighted by Crippen LogP contribution is -2.21. The molecule has 104 valence electrons. The van der Waals surface area contributed by atoms with Crippen LogP contribution in [0.25, 0.3) is 0 Å². The van der Waals surface area contributed by atoms with E-state index in [9.17, 15) is 0 Å². The van der Waals surface area contributed by atoms with Crippen LogP contribution in [-0.2, 0) is 6.42 Å². The summed E-state index contributed by atoms with van der Waals surface area (Å²) in [6, 6.07) is 9.08. The molecule has 0 heterocycles. The Morgan fingerprint density at radius 2 is 1.89 bits per heavy atom. The highest BCUT2D eigenvalue weighted by atomic mass is 35.5. The van der Waals surface area contributed by atoms with E-state index in [1.807, 2.05) is 7.05 Å². The van der Waals surface area contributed by atoms with Crippen molar-refractivity contribution >= 4 is 12.4 Å². The molecule has 0 aliphatic rings. The average Bonchev–Trinajstić information content (AvgIpc) is 2.37. The summed E-state index contributed by atoms with van der Waals surface area (Å²) < 4.78 is 5.64. The summed E-state index contributed by atoms with van der Waals surface area (Å²) in [5, 5.41) is 3.26. The van der Waals surface area contributed by atoms with Gasteiger partial charge in [-0.1, -0.05) is 25.5 Å². The molecule has 1 N–H and O–H groups in total. The van der Waals surface area contributed by atoms with E-state index in [4.69, 9.17) is 4.74 Å². The van der Waals surface area contributed by atoms with Crippen LogP contribution in [0.1, 0.15) is 38.7 Å². The summed E-state index contributed by atoms with van der Waals surface area (Å²) in [4.78, 5) is 0. The number of unbranched alkanes of at least 4 members (excludes halogenated alkanes) is 1. The summed E-state index contributed by atoms with van der Waals surface area (Å²) in [5.41, 5.74) is 1.38.